The SMILES string of the molecule is C=C(O)c1cccc(-c2nc(NCC)nc3c2ccc(=O)n3-c2c(F)cccc2F)c1. The summed E-state index contributed by atoms with van der Waals surface area (Å²) in [6.45, 7) is 5.87. The second-order valence-corrected chi connectivity index (χ2v) is 6.77. The number of halogens is 2. The summed E-state index contributed by atoms with van der Waals surface area (Å²) in [5.74, 6) is -1.71. The summed E-state index contributed by atoms with van der Waals surface area (Å²) < 4.78 is 30.0. The van der Waals surface area contributed by atoms with Gasteiger partial charge in [-0.15, -0.1) is 0 Å². The van der Waals surface area contributed by atoms with Crippen LogP contribution in [-0.2, 0) is 0 Å². The molecule has 0 bridgehead atoms. The van der Waals surface area contributed by atoms with Gasteiger partial charge in [0.25, 0.3) is 5.56 Å². The number of nitrogens with zero attached hydrogens (tertiary/aromatic N) is 3. The Morgan fingerprint density at radius 1 is 1.10 bits per heavy atom. The minimum absolute atomic E-state index is 0.0469. The van der Waals surface area contributed by atoms with Crippen LogP contribution >= 0.6 is 0 Å². The third-order valence-corrected chi connectivity index (χ3v) is 4.72. The Morgan fingerprint density at radius 2 is 1.81 bits per heavy atom. The van der Waals surface area contributed by atoms with E-state index in [1.165, 1.54) is 18.2 Å². The molecule has 8 heteroatoms. The van der Waals surface area contributed by atoms with Gasteiger partial charge in [-0.1, -0.05) is 30.8 Å². The first-order chi connectivity index (χ1) is 14.9. The number of fused-ring (bicyclic) bond motifs is 1. The largest absolute Gasteiger partial charge is 0.508 e. The van der Waals surface area contributed by atoms with Gasteiger partial charge in [0.05, 0.1) is 5.69 Å². The number of nitrogens with one attached hydrogen (secondary N) is 1. The number of hydrogen-bond donors (Lipinski definition) is 2. The van der Waals surface area contributed by atoms with Crippen LogP contribution in [0.5, 0.6) is 0 Å². The van der Waals surface area contributed by atoms with Crippen LogP contribution in [0.2, 0.25) is 0 Å². The third kappa shape index (κ3) is 3.63. The molecule has 0 unspecified atom stereocenters. The Balaban J connectivity index is 2.11. The number of aliphatic hydroxyl groups excluding tert-OH is 1. The van der Waals surface area contributed by atoms with E-state index in [1.807, 2.05) is 6.92 Å². The van der Waals surface area contributed by atoms with Gasteiger partial charge in [-0.25, -0.2) is 13.8 Å². The Morgan fingerprint density at radius 3 is 2.48 bits per heavy atom. The molecule has 4 aromatic rings. The molecule has 6 nitrogen and oxygen atoms in total. The number of benzene rings is 2. The number of pyridine rings is 1. The molecule has 0 fully saturated rings. The van der Waals surface area contributed by atoms with Crippen LogP contribution in [0, 0.1) is 11.6 Å². The smallest absolute Gasteiger partial charge is 0.256 e. The monoisotopic (exact) mass is 420 g/mol. The molecule has 2 aromatic carbocycles. The molecule has 2 N–H and O–H groups in total. The van der Waals surface area contributed by atoms with E-state index in [1.54, 1.807) is 24.3 Å². The molecular weight excluding hydrogens is 402 g/mol. The van der Waals surface area contributed by atoms with Crippen molar-refractivity contribution >= 4 is 22.7 Å². The van der Waals surface area contributed by atoms with Crippen LogP contribution in [0.3, 0.4) is 0 Å². The number of rotatable bonds is 5. The lowest BCUT2D eigenvalue weighted by Crippen LogP contribution is -2.21. The summed E-state index contributed by atoms with van der Waals surface area (Å²) in [5, 5.41) is 13.2. The predicted molar refractivity (Wildman–Crippen MR) is 116 cm³/mol. The van der Waals surface area contributed by atoms with E-state index in [0.717, 1.165) is 16.7 Å². The number of aromatic nitrogens is 3. The highest BCUT2D eigenvalue weighted by Gasteiger charge is 2.19. The zero-order valence-electron chi connectivity index (χ0n) is 16.6. The van der Waals surface area contributed by atoms with E-state index in [-0.39, 0.29) is 17.4 Å². The third-order valence-electron chi connectivity index (χ3n) is 4.72. The standard InChI is InChI=1S/C23H18F2N4O2/c1-3-26-23-27-20(15-7-4-6-14(12-15)13(2)30)16-10-11-19(31)29(22(16)28-23)21-17(24)8-5-9-18(21)25/h4-12,30H,2-3H2,1H3,(H,26,27,28). The fraction of sp³-hybridized carbons (Fsp3) is 0.0870. The molecule has 0 aliphatic heterocycles. The lowest BCUT2D eigenvalue weighted by Gasteiger charge is -2.15. The summed E-state index contributed by atoms with van der Waals surface area (Å²) in [6, 6.07) is 13.0. The van der Waals surface area contributed by atoms with E-state index in [4.69, 9.17) is 0 Å². The molecule has 0 aliphatic carbocycles. The molecule has 0 atom stereocenters. The average molecular weight is 420 g/mol. The quantitative estimate of drug-likeness (QED) is 0.458. The predicted octanol–water partition coefficient (Wildman–Crippen LogP) is 4.69. The van der Waals surface area contributed by atoms with Crippen molar-refractivity contribution in [3.05, 3.63) is 88.7 Å². The molecule has 0 spiro atoms. The number of para-hydroxylation sites is 1. The van der Waals surface area contributed by atoms with Gasteiger partial charge in [0, 0.05) is 29.1 Å². The highest BCUT2D eigenvalue weighted by molar-refractivity contribution is 5.92. The fourth-order valence-corrected chi connectivity index (χ4v) is 3.34. The average Bonchev–Trinajstić information content (AvgIpc) is 2.75. The molecule has 156 valence electrons. The minimum Gasteiger partial charge on any atom is -0.508 e. The van der Waals surface area contributed by atoms with Crippen molar-refractivity contribution < 1.29 is 13.9 Å². The first-order valence-electron chi connectivity index (χ1n) is 9.51. The van der Waals surface area contributed by atoms with Crippen molar-refractivity contribution in [2.45, 2.75) is 6.92 Å². The van der Waals surface area contributed by atoms with E-state index < -0.39 is 22.9 Å². The maximum Gasteiger partial charge on any atom is 0.256 e. The Hall–Kier alpha value is -4.07. The second-order valence-electron chi connectivity index (χ2n) is 6.77. The van der Waals surface area contributed by atoms with Gasteiger partial charge >= 0.3 is 0 Å². The van der Waals surface area contributed by atoms with Gasteiger partial charge in [0.1, 0.15) is 23.1 Å². The molecule has 0 aliphatic rings. The van der Waals surface area contributed by atoms with Gasteiger partial charge in [0.15, 0.2) is 5.65 Å². The topological polar surface area (TPSA) is 80.0 Å². The summed E-state index contributed by atoms with van der Waals surface area (Å²) in [5.41, 5.74) is 0.421. The summed E-state index contributed by atoms with van der Waals surface area (Å²) >= 11 is 0. The zero-order chi connectivity index (χ0) is 22.1. The maximum absolute atomic E-state index is 14.6. The van der Waals surface area contributed by atoms with Crippen LogP contribution in [0.15, 0.2) is 66.0 Å². The normalized spacial score (nSPS) is 10.9. The molecule has 0 radical (unpaired) electrons. The van der Waals surface area contributed by atoms with Crippen LogP contribution in [0.4, 0.5) is 14.7 Å². The highest BCUT2D eigenvalue weighted by Crippen LogP contribution is 2.30. The number of anilines is 1. The molecule has 2 aromatic heterocycles. The Bertz CT molecular complexity index is 1360. The summed E-state index contributed by atoms with van der Waals surface area (Å²) in [6.07, 6.45) is 0. The van der Waals surface area contributed by atoms with Crippen molar-refractivity contribution in [3.63, 3.8) is 0 Å². The molecule has 0 saturated heterocycles. The van der Waals surface area contributed by atoms with Gasteiger partial charge in [-0.3, -0.25) is 9.36 Å². The van der Waals surface area contributed by atoms with E-state index >= 15 is 0 Å². The van der Waals surface area contributed by atoms with Gasteiger partial charge in [-0.05, 0) is 31.2 Å². The van der Waals surface area contributed by atoms with Crippen molar-refractivity contribution in [2.75, 3.05) is 11.9 Å². The first-order valence-corrected chi connectivity index (χ1v) is 9.51. The molecular formula is C23H18F2N4O2. The van der Waals surface area contributed by atoms with Crippen molar-refractivity contribution in [2.24, 2.45) is 0 Å². The van der Waals surface area contributed by atoms with Crippen LogP contribution in [0.1, 0.15) is 12.5 Å². The summed E-state index contributed by atoms with van der Waals surface area (Å²) in [4.78, 5) is 21.6. The van der Waals surface area contributed by atoms with Gasteiger partial charge in [0.2, 0.25) is 5.95 Å². The molecule has 31 heavy (non-hydrogen) atoms. The molecule has 4 rings (SSSR count). The van der Waals surface area contributed by atoms with E-state index in [2.05, 4.69) is 21.9 Å². The van der Waals surface area contributed by atoms with Gasteiger partial charge < -0.3 is 10.4 Å². The van der Waals surface area contributed by atoms with Gasteiger partial charge in [-0.2, -0.15) is 4.98 Å². The lowest BCUT2D eigenvalue weighted by molar-refractivity contribution is 0.514. The van der Waals surface area contributed by atoms with E-state index in [9.17, 15) is 18.7 Å². The van der Waals surface area contributed by atoms with Crippen LogP contribution in [0.25, 0.3) is 33.7 Å². The Kier molecular flexibility index (Phi) is 5.21. The van der Waals surface area contributed by atoms with Crippen molar-refractivity contribution in [1.29, 1.82) is 0 Å². The molecule has 0 saturated carbocycles. The number of aliphatic hydroxyl groups is 1. The molecule has 2 heterocycles. The maximum atomic E-state index is 14.6. The minimum atomic E-state index is -0.890. The molecule has 0 amide bonds. The zero-order valence-corrected chi connectivity index (χ0v) is 16.6. The highest BCUT2D eigenvalue weighted by atomic mass is 19.1. The Labute approximate surface area is 176 Å². The fourth-order valence-electron chi connectivity index (χ4n) is 3.34. The first kappa shape index (κ1) is 20.2. The van der Waals surface area contributed by atoms with Crippen molar-refractivity contribution in [3.8, 4) is 16.9 Å². The lowest BCUT2D eigenvalue weighted by atomic mass is 10.0. The second kappa shape index (κ2) is 7.98. The summed E-state index contributed by atoms with van der Waals surface area (Å²) in [7, 11) is 0. The van der Waals surface area contributed by atoms with Crippen molar-refractivity contribution in [1.82, 2.24) is 14.5 Å². The number of hydrogen-bond acceptors (Lipinski definition) is 5. The van der Waals surface area contributed by atoms with Crippen LogP contribution in [-0.4, -0.2) is 26.2 Å². The van der Waals surface area contributed by atoms with Crippen LogP contribution < -0.4 is 10.9 Å². The van der Waals surface area contributed by atoms with E-state index in [0.29, 0.717) is 28.8 Å².